The Morgan fingerprint density at radius 3 is 2.06 bits per heavy atom. The fourth-order valence-corrected chi connectivity index (χ4v) is 4.40. The van der Waals surface area contributed by atoms with Crippen molar-refractivity contribution >= 4 is 17.5 Å². The second-order valence-corrected chi connectivity index (χ2v) is 7.94. The number of ether oxygens (including phenoxy) is 1. The molecule has 1 fully saturated rings. The average molecular weight is 413 g/mol. The summed E-state index contributed by atoms with van der Waals surface area (Å²) in [6.07, 6.45) is 4.60. The number of para-hydroxylation sites is 2. The molecule has 1 saturated heterocycles. The van der Waals surface area contributed by atoms with Gasteiger partial charge in [0.25, 0.3) is 0 Å². The van der Waals surface area contributed by atoms with Gasteiger partial charge in [0.15, 0.2) is 0 Å². The molecule has 2 amide bonds. The lowest BCUT2D eigenvalue weighted by atomic mass is 9.86. The monoisotopic (exact) mass is 413 g/mol. The van der Waals surface area contributed by atoms with Crippen LogP contribution in [0.4, 0.5) is 5.69 Å². The lowest BCUT2D eigenvalue weighted by Crippen LogP contribution is -2.44. The fraction of sp³-hybridized carbons (Fsp3) is 0.240. The van der Waals surface area contributed by atoms with Gasteiger partial charge in [0.1, 0.15) is 11.5 Å². The van der Waals surface area contributed by atoms with E-state index in [1.807, 2.05) is 53.4 Å². The first-order chi connectivity index (χ1) is 15.2. The highest BCUT2D eigenvalue weighted by Crippen LogP contribution is 2.44. The number of carbonyl (C=O) groups excluding carboxylic acids is 2. The first-order valence-electron chi connectivity index (χ1n) is 10.6. The summed E-state index contributed by atoms with van der Waals surface area (Å²) >= 11 is 0. The van der Waals surface area contributed by atoms with Crippen LogP contribution in [0.3, 0.4) is 0 Å². The second-order valence-electron chi connectivity index (χ2n) is 7.94. The number of carbonyl (C=O) groups is 2. The predicted octanol–water partition coefficient (Wildman–Crippen LogP) is 4.20. The zero-order valence-electron chi connectivity index (χ0n) is 17.0. The zero-order chi connectivity index (χ0) is 21.2. The molecule has 5 rings (SSSR count). The highest BCUT2D eigenvalue weighted by molar-refractivity contribution is 5.93. The molecule has 2 aromatic carbocycles. The van der Waals surface area contributed by atoms with Gasteiger partial charge in [-0.25, -0.2) is 0 Å². The Kier molecular flexibility index (Phi) is 5.12. The predicted molar refractivity (Wildman–Crippen MR) is 117 cm³/mol. The fourth-order valence-electron chi connectivity index (χ4n) is 4.40. The van der Waals surface area contributed by atoms with Crippen molar-refractivity contribution < 1.29 is 14.3 Å². The Labute approximate surface area is 180 Å². The third-order valence-corrected chi connectivity index (χ3v) is 6.05. The van der Waals surface area contributed by atoms with Gasteiger partial charge in [0, 0.05) is 48.2 Å². The summed E-state index contributed by atoms with van der Waals surface area (Å²) in [5.41, 5.74) is 2.53. The van der Waals surface area contributed by atoms with Gasteiger partial charge in [0.2, 0.25) is 11.8 Å². The van der Waals surface area contributed by atoms with Crippen LogP contribution in [0.15, 0.2) is 73.1 Å². The minimum atomic E-state index is -0.386. The SMILES string of the molecule is O=C(Nc1ccncc1)C1CCN(C(=O)C2c3ccccc3Oc3ccccc32)CC1. The van der Waals surface area contributed by atoms with Crippen LogP contribution in [0.2, 0.25) is 0 Å². The molecule has 0 saturated carbocycles. The third kappa shape index (κ3) is 3.77. The van der Waals surface area contributed by atoms with Crippen molar-refractivity contribution in [3.05, 3.63) is 84.2 Å². The van der Waals surface area contributed by atoms with Gasteiger partial charge in [-0.05, 0) is 37.1 Å². The molecule has 3 heterocycles. The zero-order valence-corrected chi connectivity index (χ0v) is 17.0. The van der Waals surface area contributed by atoms with Crippen LogP contribution < -0.4 is 10.1 Å². The highest BCUT2D eigenvalue weighted by atomic mass is 16.5. The van der Waals surface area contributed by atoms with Crippen LogP contribution in [-0.2, 0) is 9.59 Å². The van der Waals surface area contributed by atoms with Gasteiger partial charge >= 0.3 is 0 Å². The number of anilines is 1. The normalized spacial score (nSPS) is 16.1. The molecule has 3 aromatic rings. The number of hydrogen-bond donors (Lipinski definition) is 1. The van der Waals surface area contributed by atoms with Crippen molar-refractivity contribution in [2.45, 2.75) is 18.8 Å². The smallest absolute Gasteiger partial charge is 0.234 e. The summed E-state index contributed by atoms with van der Waals surface area (Å²) in [5, 5.41) is 2.95. The van der Waals surface area contributed by atoms with Crippen molar-refractivity contribution in [1.29, 1.82) is 0 Å². The molecule has 0 bridgehead atoms. The number of likely N-dealkylation sites (tertiary alicyclic amines) is 1. The largest absolute Gasteiger partial charge is 0.457 e. The molecule has 2 aliphatic rings. The van der Waals surface area contributed by atoms with E-state index in [1.165, 1.54) is 0 Å². The average Bonchev–Trinajstić information content (AvgIpc) is 2.83. The Hall–Kier alpha value is -3.67. The van der Waals surface area contributed by atoms with E-state index in [1.54, 1.807) is 24.5 Å². The van der Waals surface area contributed by atoms with Gasteiger partial charge in [0.05, 0.1) is 5.92 Å². The minimum Gasteiger partial charge on any atom is -0.457 e. The molecule has 156 valence electrons. The molecule has 1 N–H and O–H groups in total. The summed E-state index contributed by atoms with van der Waals surface area (Å²) in [4.78, 5) is 32.1. The van der Waals surface area contributed by atoms with Crippen LogP contribution in [-0.4, -0.2) is 34.8 Å². The van der Waals surface area contributed by atoms with E-state index in [2.05, 4.69) is 10.3 Å². The van der Waals surface area contributed by atoms with Crippen molar-refractivity contribution in [2.24, 2.45) is 5.92 Å². The molecular formula is C25H23N3O3. The number of amides is 2. The van der Waals surface area contributed by atoms with Crippen LogP contribution in [0, 0.1) is 5.92 Å². The van der Waals surface area contributed by atoms with E-state index >= 15 is 0 Å². The van der Waals surface area contributed by atoms with Gasteiger partial charge in [-0.15, -0.1) is 0 Å². The van der Waals surface area contributed by atoms with Crippen molar-refractivity contribution in [1.82, 2.24) is 9.88 Å². The number of benzene rings is 2. The number of rotatable bonds is 3. The third-order valence-electron chi connectivity index (χ3n) is 6.05. The maximum absolute atomic E-state index is 13.6. The molecular weight excluding hydrogens is 390 g/mol. The Morgan fingerprint density at radius 1 is 0.871 bits per heavy atom. The van der Waals surface area contributed by atoms with Gasteiger partial charge in [-0.2, -0.15) is 0 Å². The van der Waals surface area contributed by atoms with E-state index in [4.69, 9.17) is 4.74 Å². The van der Waals surface area contributed by atoms with Crippen LogP contribution in [0.1, 0.15) is 29.9 Å². The van der Waals surface area contributed by atoms with E-state index in [9.17, 15) is 9.59 Å². The molecule has 1 aromatic heterocycles. The van der Waals surface area contributed by atoms with Crippen LogP contribution in [0.25, 0.3) is 0 Å². The van der Waals surface area contributed by atoms with Gasteiger partial charge in [-0.3, -0.25) is 14.6 Å². The van der Waals surface area contributed by atoms with Crippen molar-refractivity contribution in [3.8, 4) is 11.5 Å². The number of nitrogens with zero attached hydrogens (tertiary/aromatic N) is 2. The Morgan fingerprint density at radius 2 is 1.45 bits per heavy atom. The van der Waals surface area contributed by atoms with E-state index < -0.39 is 0 Å². The van der Waals surface area contributed by atoms with E-state index in [0.717, 1.165) is 28.3 Å². The molecule has 6 nitrogen and oxygen atoms in total. The summed E-state index contributed by atoms with van der Waals surface area (Å²) in [6, 6.07) is 19.0. The minimum absolute atomic E-state index is 0.0000524. The molecule has 0 aliphatic carbocycles. The quantitative estimate of drug-likeness (QED) is 0.699. The Balaban J connectivity index is 1.31. The molecule has 0 radical (unpaired) electrons. The highest BCUT2D eigenvalue weighted by Gasteiger charge is 2.37. The van der Waals surface area contributed by atoms with Crippen LogP contribution >= 0.6 is 0 Å². The number of aromatic nitrogens is 1. The Bertz CT molecular complexity index is 1060. The molecule has 6 heteroatoms. The number of hydrogen-bond acceptors (Lipinski definition) is 4. The lowest BCUT2D eigenvalue weighted by Gasteiger charge is -2.36. The van der Waals surface area contributed by atoms with E-state index in [-0.39, 0.29) is 23.7 Å². The topological polar surface area (TPSA) is 71.5 Å². The first-order valence-corrected chi connectivity index (χ1v) is 10.6. The summed E-state index contributed by atoms with van der Waals surface area (Å²) in [7, 11) is 0. The molecule has 2 aliphatic heterocycles. The number of pyridine rings is 1. The summed E-state index contributed by atoms with van der Waals surface area (Å²) in [6.45, 7) is 1.13. The molecule has 0 spiro atoms. The van der Waals surface area contributed by atoms with Gasteiger partial charge < -0.3 is 15.0 Å². The summed E-state index contributed by atoms with van der Waals surface area (Å²) in [5.74, 6) is 1.03. The van der Waals surface area contributed by atoms with Crippen molar-refractivity contribution in [2.75, 3.05) is 18.4 Å². The number of piperidine rings is 1. The first kappa shape index (κ1) is 19.3. The van der Waals surface area contributed by atoms with Crippen LogP contribution in [0.5, 0.6) is 11.5 Å². The van der Waals surface area contributed by atoms with Gasteiger partial charge in [-0.1, -0.05) is 36.4 Å². The maximum atomic E-state index is 13.6. The summed E-state index contributed by atoms with van der Waals surface area (Å²) < 4.78 is 6.02. The number of fused-ring (bicyclic) bond motifs is 2. The molecule has 31 heavy (non-hydrogen) atoms. The molecule has 0 atom stereocenters. The van der Waals surface area contributed by atoms with Crippen molar-refractivity contribution in [3.63, 3.8) is 0 Å². The number of nitrogens with one attached hydrogen (secondary N) is 1. The standard InChI is InChI=1S/C25H23N3O3/c29-24(27-18-9-13-26-14-10-18)17-11-15-28(16-12-17)25(30)23-19-5-1-3-7-21(19)31-22-8-4-2-6-20(22)23/h1-10,13-14,17,23H,11-12,15-16H2,(H,26,27,29). The lowest BCUT2D eigenvalue weighted by molar-refractivity contribution is -0.135. The maximum Gasteiger partial charge on any atom is 0.234 e. The van der Waals surface area contributed by atoms with E-state index in [0.29, 0.717) is 25.9 Å². The second kappa shape index (κ2) is 8.22. The molecule has 0 unspecified atom stereocenters.